The number of terminal acetylenes is 1. The van der Waals surface area contributed by atoms with E-state index in [0.29, 0.717) is 12.8 Å². The predicted molar refractivity (Wildman–Crippen MR) is 55.2 cm³/mol. The highest BCUT2D eigenvalue weighted by Gasteiger charge is 2.05. The minimum absolute atomic E-state index is 0.0709. The van der Waals surface area contributed by atoms with Gasteiger partial charge in [0.25, 0.3) is 0 Å². The molecule has 0 saturated heterocycles. The van der Waals surface area contributed by atoms with E-state index in [-0.39, 0.29) is 11.9 Å². The lowest BCUT2D eigenvalue weighted by Gasteiger charge is -2.12. The first-order valence-electron chi connectivity index (χ1n) is 4.93. The molecule has 0 aliphatic carbocycles. The van der Waals surface area contributed by atoms with Gasteiger partial charge in [0.1, 0.15) is 0 Å². The van der Waals surface area contributed by atoms with Crippen LogP contribution >= 0.6 is 0 Å². The van der Waals surface area contributed by atoms with Crippen LogP contribution in [0.2, 0.25) is 0 Å². The van der Waals surface area contributed by atoms with Gasteiger partial charge in [0.2, 0.25) is 5.91 Å². The monoisotopic (exact) mass is 181 g/mol. The van der Waals surface area contributed by atoms with Crippen LogP contribution in [-0.2, 0) is 4.79 Å². The van der Waals surface area contributed by atoms with Crippen molar-refractivity contribution in [1.29, 1.82) is 0 Å². The Bertz CT molecular complexity index is 181. The molecule has 0 saturated carbocycles. The summed E-state index contributed by atoms with van der Waals surface area (Å²) in [5, 5.41) is 2.92. The summed E-state index contributed by atoms with van der Waals surface area (Å²) in [5.41, 5.74) is 0. The number of hydrogen-bond donors (Lipinski definition) is 1. The van der Waals surface area contributed by atoms with Crippen LogP contribution in [0.25, 0.3) is 0 Å². The molecule has 1 amide bonds. The van der Waals surface area contributed by atoms with Gasteiger partial charge in [-0.2, -0.15) is 0 Å². The average molecular weight is 181 g/mol. The Morgan fingerprint density at radius 2 is 2.31 bits per heavy atom. The van der Waals surface area contributed by atoms with Gasteiger partial charge in [-0.3, -0.25) is 4.79 Å². The smallest absolute Gasteiger partial charge is 0.221 e. The molecule has 0 rings (SSSR count). The first kappa shape index (κ1) is 12.0. The zero-order valence-corrected chi connectivity index (χ0v) is 8.60. The van der Waals surface area contributed by atoms with Gasteiger partial charge in [-0.15, -0.1) is 12.3 Å². The number of hydrogen-bond acceptors (Lipinski definition) is 1. The van der Waals surface area contributed by atoms with Crippen LogP contribution in [0.15, 0.2) is 0 Å². The topological polar surface area (TPSA) is 29.1 Å². The summed E-state index contributed by atoms with van der Waals surface area (Å²) >= 11 is 0. The third-order valence-electron chi connectivity index (χ3n) is 1.89. The molecule has 1 N–H and O–H groups in total. The van der Waals surface area contributed by atoms with Crippen molar-refractivity contribution in [3.05, 3.63) is 0 Å². The summed E-state index contributed by atoms with van der Waals surface area (Å²) in [5.74, 6) is 2.53. The van der Waals surface area contributed by atoms with E-state index < -0.39 is 0 Å². The Hall–Kier alpha value is -0.970. The van der Waals surface area contributed by atoms with Gasteiger partial charge in [0.05, 0.1) is 0 Å². The number of amides is 1. The van der Waals surface area contributed by atoms with Crippen LogP contribution in [0.1, 0.15) is 46.0 Å². The van der Waals surface area contributed by atoms with Gasteiger partial charge in [-0.05, 0) is 13.3 Å². The van der Waals surface area contributed by atoms with Crippen molar-refractivity contribution in [2.45, 2.75) is 52.0 Å². The summed E-state index contributed by atoms with van der Waals surface area (Å²) in [6, 6.07) is 0.283. The molecule has 0 aromatic rings. The van der Waals surface area contributed by atoms with E-state index in [1.807, 2.05) is 6.92 Å². The lowest BCUT2D eigenvalue weighted by Crippen LogP contribution is -2.32. The predicted octanol–water partition coefficient (Wildman–Crippen LogP) is 2.09. The van der Waals surface area contributed by atoms with Crippen LogP contribution in [0.3, 0.4) is 0 Å². The van der Waals surface area contributed by atoms with Crippen molar-refractivity contribution < 1.29 is 4.79 Å². The minimum Gasteiger partial charge on any atom is -0.354 e. The van der Waals surface area contributed by atoms with Crippen molar-refractivity contribution in [1.82, 2.24) is 5.32 Å². The molecule has 0 aromatic carbocycles. The number of carbonyl (C=O) groups excluding carboxylic acids is 1. The molecule has 1 atom stereocenters. The summed E-state index contributed by atoms with van der Waals surface area (Å²) in [6.07, 6.45) is 9.43. The quantitative estimate of drug-likeness (QED) is 0.625. The summed E-state index contributed by atoms with van der Waals surface area (Å²) in [6.45, 7) is 4.18. The first-order chi connectivity index (χ1) is 6.20. The van der Waals surface area contributed by atoms with Crippen molar-refractivity contribution in [3.63, 3.8) is 0 Å². The van der Waals surface area contributed by atoms with E-state index in [9.17, 15) is 4.79 Å². The summed E-state index contributed by atoms with van der Waals surface area (Å²) in [4.78, 5) is 11.2. The van der Waals surface area contributed by atoms with Crippen LogP contribution in [0.4, 0.5) is 0 Å². The maximum atomic E-state index is 11.2. The second-order valence-corrected chi connectivity index (χ2v) is 3.31. The van der Waals surface area contributed by atoms with Gasteiger partial charge >= 0.3 is 0 Å². The third-order valence-corrected chi connectivity index (χ3v) is 1.89. The average Bonchev–Trinajstić information content (AvgIpc) is 2.11. The largest absolute Gasteiger partial charge is 0.354 e. The highest BCUT2D eigenvalue weighted by Crippen LogP contribution is 2.00. The Morgan fingerprint density at radius 1 is 1.62 bits per heavy atom. The molecule has 0 aliphatic heterocycles. The molecule has 13 heavy (non-hydrogen) atoms. The molecule has 2 heteroatoms. The standard InChI is InChI=1S/C11H19NO/c1-4-6-8-10(3)12-11(13)9-7-5-2/h2,10H,4,6-9H2,1,3H3,(H,12,13). The number of rotatable bonds is 6. The molecule has 0 fully saturated rings. The van der Waals surface area contributed by atoms with Crippen molar-refractivity contribution >= 4 is 5.91 Å². The molecule has 1 unspecified atom stereocenters. The molecule has 0 aromatic heterocycles. The van der Waals surface area contributed by atoms with Gasteiger partial charge < -0.3 is 5.32 Å². The van der Waals surface area contributed by atoms with Gasteiger partial charge in [0, 0.05) is 18.9 Å². The van der Waals surface area contributed by atoms with Crippen molar-refractivity contribution in [3.8, 4) is 12.3 Å². The van der Waals surface area contributed by atoms with E-state index in [2.05, 4.69) is 18.2 Å². The molecular formula is C11H19NO. The molecule has 0 bridgehead atoms. The Balaban J connectivity index is 3.48. The minimum atomic E-state index is 0.0709. The Kier molecular flexibility index (Phi) is 7.10. The van der Waals surface area contributed by atoms with Crippen molar-refractivity contribution in [2.24, 2.45) is 0 Å². The van der Waals surface area contributed by atoms with Gasteiger partial charge in [-0.1, -0.05) is 19.8 Å². The maximum Gasteiger partial charge on any atom is 0.221 e. The Morgan fingerprint density at radius 3 is 2.85 bits per heavy atom. The number of carbonyl (C=O) groups is 1. The highest BCUT2D eigenvalue weighted by molar-refractivity contribution is 5.76. The lowest BCUT2D eigenvalue weighted by atomic mass is 10.1. The van der Waals surface area contributed by atoms with E-state index in [0.717, 1.165) is 12.8 Å². The van der Waals surface area contributed by atoms with Crippen LogP contribution in [0.5, 0.6) is 0 Å². The normalized spacial score (nSPS) is 11.8. The SMILES string of the molecule is C#CCCC(=O)NC(C)CCCC. The fraction of sp³-hybridized carbons (Fsp3) is 0.727. The van der Waals surface area contributed by atoms with Crippen molar-refractivity contribution in [2.75, 3.05) is 0 Å². The zero-order chi connectivity index (χ0) is 10.1. The maximum absolute atomic E-state index is 11.2. The molecule has 74 valence electrons. The van der Waals surface area contributed by atoms with E-state index in [1.54, 1.807) is 0 Å². The molecule has 0 radical (unpaired) electrons. The second kappa shape index (κ2) is 7.67. The molecule has 0 aliphatic rings. The number of unbranched alkanes of at least 4 members (excludes halogenated alkanes) is 1. The summed E-state index contributed by atoms with van der Waals surface area (Å²) in [7, 11) is 0. The fourth-order valence-electron chi connectivity index (χ4n) is 1.12. The second-order valence-electron chi connectivity index (χ2n) is 3.31. The van der Waals surface area contributed by atoms with E-state index in [1.165, 1.54) is 6.42 Å². The van der Waals surface area contributed by atoms with E-state index in [4.69, 9.17) is 6.42 Å². The van der Waals surface area contributed by atoms with Crippen LogP contribution in [-0.4, -0.2) is 11.9 Å². The van der Waals surface area contributed by atoms with Gasteiger partial charge in [0.15, 0.2) is 0 Å². The lowest BCUT2D eigenvalue weighted by molar-refractivity contribution is -0.121. The van der Waals surface area contributed by atoms with E-state index >= 15 is 0 Å². The van der Waals surface area contributed by atoms with Crippen LogP contribution in [0, 0.1) is 12.3 Å². The van der Waals surface area contributed by atoms with Crippen LogP contribution < -0.4 is 5.32 Å². The molecule has 0 spiro atoms. The summed E-state index contributed by atoms with van der Waals surface area (Å²) < 4.78 is 0. The molecular weight excluding hydrogens is 162 g/mol. The first-order valence-corrected chi connectivity index (χ1v) is 4.93. The highest BCUT2D eigenvalue weighted by atomic mass is 16.1. The number of nitrogens with one attached hydrogen (secondary N) is 1. The zero-order valence-electron chi connectivity index (χ0n) is 8.60. The van der Waals surface area contributed by atoms with Gasteiger partial charge in [-0.25, -0.2) is 0 Å². The third kappa shape index (κ3) is 7.39. The molecule has 0 heterocycles. The fourth-order valence-corrected chi connectivity index (χ4v) is 1.12. The molecule has 2 nitrogen and oxygen atoms in total. The Labute approximate surface area is 81.1 Å².